The maximum absolute atomic E-state index is 12.5. The standard InChI is InChI=1S/C25H31N3O/c1-3-8-20-12-13-21-9-4-5-11-24(21)23(19(20)2)14-15-27-18-25(29)28-16-7-6-10-22(28)17-26/h3-5,8-9,11,14,22,27H,6-7,10,12-13,15-16,18H2,1-2H3/b8-3-,23-14+/t22-/m0/s1. The number of aryl methyl sites for hydroxylation is 1. The fourth-order valence-electron chi connectivity index (χ4n) is 4.32. The van der Waals surface area contributed by atoms with Crippen LogP contribution in [0.1, 0.15) is 50.7 Å². The number of hydrogen-bond acceptors (Lipinski definition) is 3. The number of rotatable bonds is 5. The number of carbonyl (C=O) groups is 1. The van der Waals surface area contributed by atoms with Crippen LogP contribution < -0.4 is 5.32 Å². The summed E-state index contributed by atoms with van der Waals surface area (Å²) in [5.74, 6) is 0.0257. The number of allylic oxidation sites excluding steroid dienone is 5. The molecule has 0 bridgehead atoms. The SMILES string of the molecule is C/C=C\C1=C(C)C(=C\CNCC(=O)N2CCCC[C@H]2C#N)/c2ccccc2CC1. The van der Waals surface area contributed by atoms with E-state index in [9.17, 15) is 10.1 Å². The van der Waals surface area contributed by atoms with Gasteiger partial charge < -0.3 is 10.2 Å². The Labute approximate surface area is 174 Å². The Hall–Kier alpha value is -2.64. The highest BCUT2D eigenvalue weighted by atomic mass is 16.2. The summed E-state index contributed by atoms with van der Waals surface area (Å²) in [5.41, 5.74) is 6.59. The fraction of sp³-hybridized carbons (Fsp3) is 0.440. The zero-order valence-electron chi connectivity index (χ0n) is 17.6. The minimum Gasteiger partial charge on any atom is -0.326 e. The van der Waals surface area contributed by atoms with Crippen molar-refractivity contribution in [1.82, 2.24) is 10.2 Å². The van der Waals surface area contributed by atoms with Gasteiger partial charge in [-0.15, -0.1) is 0 Å². The molecule has 1 heterocycles. The van der Waals surface area contributed by atoms with E-state index in [4.69, 9.17) is 0 Å². The van der Waals surface area contributed by atoms with Gasteiger partial charge in [0.05, 0.1) is 12.6 Å². The van der Waals surface area contributed by atoms with Crippen molar-refractivity contribution in [3.05, 3.63) is 64.8 Å². The quantitative estimate of drug-likeness (QED) is 0.759. The van der Waals surface area contributed by atoms with E-state index >= 15 is 0 Å². The van der Waals surface area contributed by atoms with Gasteiger partial charge in [-0.2, -0.15) is 5.26 Å². The van der Waals surface area contributed by atoms with Crippen LogP contribution in [0.4, 0.5) is 0 Å². The van der Waals surface area contributed by atoms with Gasteiger partial charge in [0.15, 0.2) is 0 Å². The molecule has 0 aromatic heterocycles. The van der Waals surface area contributed by atoms with E-state index in [0.717, 1.165) is 32.1 Å². The predicted molar refractivity (Wildman–Crippen MR) is 118 cm³/mol. The normalized spacial score (nSPS) is 21.2. The third kappa shape index (κ3) is 5.05. The minimum atomic E-state index is -0.265. The number of amides is 1. The number of nitrogens with zero attached hydrogens (tertiary/aromatic N) is 2. The topological polar surface area (TPSA) is 56.1 Å². The van der Waals surface area contributed by atoms with Crippen molar-refractivity contribution >= 4 is 11.5 Å². The molecule has 1 fully saturated rings. The first-order valence-corrected chi connectivity index (χ1v) is 10.7. The van der Waals surface area contributed by atoms with Gasteiger partial charge >= 0.3 is 0 Å². The maximum atomic E-state index is 12.5. The van der Waals surface area contributed by atoms with E-state index < -0.39 is 0 Å². The number of benzene rings is 1. The highest BCUT2D eigenvalue weighted by molar-refractivity contribution is 5.83. The molecule has 4 nitrogen and oxygen atoms in total. The van der Waals surface area contributed by atoms with E-state index in [1.165, 1.54) is 27.8 Å². The highest BCUT2D eigenvalue weighted by Gasteiger charge is 2.25. The number of nitrogens with one attached hydrogen (secondary N) is 1. The van der Waals surface area contributed by atoms with Crippen LogP contribution in [-0.2, 0) is 11.2 Å². The third-order valence-corrected chi connectivity index (χ3v) is 5.92. The van der Waals surface area contributed by atoms with E-state index in [1.54, 1.807) is 4.90 Å². The molecule has 1 aliphatic heterocycles. The maximum Gasteiger partial charge on any atom is 0.237 e. The van der Waals surface area contributed by atoms with Crippen molar-refractivity contribution in [2.24, 2.45) is 0 Å². The molecule has 4 heteroatoms. The average molecular weight is 390 g/mol. The summed E-state index contributed by atoms with van der Waals surface area (Å²) in [6, 6.07) is 10.6. The predicted octanol–water partition coefficient (Wildman–Crippen LogP) is 4.40. The Bertz CT molecular complexity index is 872. The number of likely N-dealkylation sites (tertiary alicyclic amines) is 1. The van der Waals surface area contributed by atoms with Gasteiger partial charge in [0.2, 0.25) is 5.91 Å². The lowest BCUT2D eigenvalue weighted by molar-refractivity contribution is -0.132. The van der Waals surface area contributed by atoms with Crippen molar-refractivity contribution in [3.63, 3.8) is 0 Å². The van der Waals surface area contributed by atoms with Crippen molar-refractivity contribution in [2.45, 2.75) is 52.0 Å². The number of hydrogen-bond donors (Lipinski definition) is 1. The second-order valence-corrected chi connectivity index (χ2v) is 7.78. The zero-order valence-corrected chi connectivity index (χ0v) is 17.6. The molecule has 3 rings (SSSR count). The van der Waals surface area contributed by atoms with Crippen LogP contribution in [0.15, 0.2) is 53.6 Å². The van der Waals surface area contributed by atoms with Gasteiger partial charge in [0.1, 0.15) is 6.04 Å². The summed E-state index contributed by atoms with van der Waals surface area (Å²) in [7, 11) is 0. The van der Waals surface area contributed by atoms with Crippen LogP contribution in [0.25, 0.3) is 5.57 Å². The smallest absolute Gasteiger partial charge is 0.237 e. The lowest BCUT2D eigenvalue weighted by Gasteiger charge is -2.31. The molecule has 1 aromatic carbocycles. The molecule has 152 valence electrons. The number of piperidine rings is 1. The second kappa shape index (κ2) is 10.2. The summed E-state index contributed by atoms with van der Waals surface area (Å²) in [5, 5.41) is 12.6. The van der Waals surface area contributed by atoms with Gasteiger partial charge in [-0.05, 0) is 73.8 Å². The Morgan fingerprint density at radius 2 is 2.14 bits per heavy atom. The van der Waals surface area contributed by atoms with E-state index in [0.29, 0.717) is 13.1 Å². The third-order valence-electron chi connectivity index (χ3n) is 5.92. The zero-order chi connectivity index (χ0) is 20.6. The molecule has 1 aromatic rings. The highest BCUT2D eigenvalue weighted by Crippen LogP contribution is 2.34. The molecule has 0 saturated carbocycles. The van der Waals surface area contributed by atoms with Crippen LogP contribution in [0.2, 0.25) is 0 Å². The summed E-state index contributed by atoms with van der Waals surface area (Å²) >= 11 is 0. The van der Waals surface area contributed by atoms with Crippen LogP contribution >= 0.6 is 0 Å². The largest absolute Gasteiger partial charge is 0.326 e. The molecule has 1 N–H and O–H groups in total. The number of carbonyl (C=O) groups excluding carboxylic acids is 1. The van der Waals surface area contributed by atoms with Crippen LogP contribution in [0.5, 0.6) is 0 Å². The lowest BCUT2D eigenvalue weighted by Crippen LogP contribution is -2.46. The fourth-order valence-corrected chi connectivity index (χ4v) is 4.32. The lowest BCUT2D eigenvalue weighted by atomic mass is 9.94. The van der Waals surface area contributed by atoms with Crippen molar-refractivity contribution in [1.29, 1.82) is 5.26 Å². The summed E-state index contributed by atoms with van der Waals surface area (Å²) in [6.45, 7) is 5.85. The second-order valence-electron chi connectivity index (χ2n) is 7.78. The average Bonchev–Trinajstić information content (AvgIpc) is 2.88. The van der Waals surface area contributed by atoms with Gasteiger partial charge in [-0.1, -0.05) is 42.5 Å². The number of nitriles is 1. The molecule has 2 aliphatic rings. The molecule has 0 unspecified atom stereocenters. The van der Waals surface area contributed by atoms with E-state index in [2.05, 4.69) is 67.7 Å². The first-order chi connectivity index (χ1) is 14.2. The molecular weight excluding hydrogens is 358 g/mol. The molecule has 1 aliphatic carbocycles. The summed E-state index contributed by atoms with van der Waals surface area (Å²) < 4.78 is 0. The molecule has 0 spiro atoms. The molecule has 0 radical (unpaired) electrons. The van der Waals surface area contributed by atoms with Crippen molar-refractivity contribution < 1.29 is 4.79 Å². The molecule has 1 saturated heterocycles. The Balaban J connectivity index is 1.71. The van der Waals surface area contributed by atoms with Crippen LogP contribution in [0, 0.1) is 11.3 Å². The Kier molecular flexibility index (Phi) is 7.43. The van der Waals surface area contributed by atoms with E-state index in [-0.39, 0.29) is 18.5 Å². The monoisotopic (exact) mass is 389 g/mol. The first kappa shape index (κ1) is 21.1. The van der Waals surface area contributed by atoms with Crippen molar-refractivity contribution in [3.8, 4) is 6.07 Å². The first-order valence-electron chi connectivity index (χ1n) is 10.7. The summed E-state index contributed by atoms with van der Waals surface area (Å²) in [4.78, 5) is 14.3. The molecule has 1 amide bonds. The van der Waals surface area contributed by atoms with E-state index in [1.807, 2.05) is 0 Å². The van der Waals surface area contributed by atoms with Crippen LogP contribution in [-0.4, -0.2) is 36.5 Å². The summed E-state index contributed by atoms with van der Waals surface area (Å²) in [6.07, 6.45) is 11.4. The van der Waals surface area contributed by atoms with Gasteiger partial charge in [-0.25, -0.2) is 0 Å². The molecular formula is C25H31N3O. The minimum absolute atomic E-state index is 0.0257. The van der Waals surface area contributed by atoms with Crippen molar-refractivity contribution in [2.75, 3.05) is 19.6 Å². The van der Waals surface area contributed by atoms with Crippen LogP contribution in [0.3, 0.4) is 0 Å². The molecule has 1 atom stereocenters. The molecule has 29 heavy (non-hydrogen) atoms. The Morgan fingerprint density at radius 3 is 2.93 bits per heavy atom. The number of fused-ring (bicyclic) bond motifs is 1. The van der Waals surface area contributed by atoms with Gasteiger partial charge in [0.25, 0.3) is 0 Å². The Morgan fingerprint density at radius 1 is 1.31 bits per heavy atom. The van der Waals surface area contributed by atoms with Gasteiger partial charge in [0, 0.05) is 13.1 Å². The van der Waals surface area contributed by atoms with Gasteiger partial charge in [-0.3, -0.25) is 4.79 Å².